The predicted molar refractivity (Wildman–Crippen MR) is 92.0 cm³/mol. The second-order valence-corrected chi connectivity index (χ2v) is 5.83. The summed E-state index contributed by atoms with van der Waals surface area (Å²) in [5.74, 6) is 0.0110. The molecule has 0 aliphatic heterocycles. The Morgan fingerprint density at radius 3 is 2.84 bits per heavy atom. The van der Waals surface area contributed by atoms with Crippen LogP contribution < -0.4 is 4.74 Å². The highest BCUT2D eigenvalue weighted by atomic mass is 35.5. The molecule has 0 bridgehead atoms. The first-order valence-electron chi connectivity index (χ1n) is 7.52. The van der Waals surface area contributed by atoms with E-state index in [2.05, 4.69) is 15.1 Å². The van der Waals surface area contributed by atoms with Crippen molar-refractivity contribution in [3.8, 4) is 17.1 Å². The Morgan fingerprint density at radius 2 is 2.00 bits per heavy atom. The number of nitrogens with zero attached hydrogens (tertiary/aromatic N) is 4. The summed E-state index contributed by atoms with van der Waals surface area (Å²) >= 11 is 5.97. The van der Waals surface area contributed by atoms with Crippen LogP contribution >= 0.6 is 11.6 Å². The van der Waals surface area contributed by atoms with E-state index in [0.29, 0.717) is 34.4 Å². The highest BCUT2D eigenvalue weighted by Crippen LogP contribution is 2.21. The third kappa shape index (κ3) is 3.29. The van der Waals surface area contributed by atoms with Crippen LogP contribution in [-0.4, -0.2) is 19.6 Å². The van der Waals surface area contributed by atoms with Gasteiger partial charge in [0, 0.05) is 22.8 Å². The largest absolute Gasteiger partial charge is 0.472 e. The van der Waals surface area contributed by atoms with Crippen LogP contribution in [-0.2, 0) is 6.61 Å². The smallest absolute Gasteiger partial charge is 0.232 e. The Morgan fingerprint density at radius 1 is 1.08 bits per heavy atom. The van der Waals surface area contributed by atoms with Crippen LogP contribution in [0.15, 0.2) is 61.1 Å². The predicted octanol–water partition coefficient (Wildman–Crippen LogP) is 4.16. The first-order valence-corrected chi connectivity index (χ1v) is 7.90. The molecule has 0 amide bonds. The maximum Gasteiger partial charge on any atom is 0.232 e. The van der Waals surface area contributed by atoms with Crippen LogP contribution in [0.3, 0.4) is 0 Å². The number of hydrogen-bond acceptors (Lipinski definition) is 4. The zero-order chi connectivity index (χ0) is 17.2. The third-order valence-corrected chi connectivity index (χ3v) is 3.85. The molecule has 0 saturated heterocycles. The van der Waals surface area contributed by atoms with Gasteiger partial charge >= 0.3 is 0 Å². The molecule has 0 aliphatic rings. The monoisotopic (exact) mass is 354 g/mol. The standard InChI is InChI=1S/C18H12ClFN4O/c19-14-3-1-2-12(6-14)11-25-18-5-4-17-22-10-16(24(17)23-18)13-7-15(20)9-21-8-13/h1-10H,11H2. The van der Waals surface area contributed by atoms with Crippen LogP contribution in [0.4, 0.5) is 4.39 Å². The topological polar surface area (TPSA) is 52.3 Å². The summed E-state index contributed by atoms with van der Waals surface area (Å²) in [7, 11) is 0. The quantitative estimate of drug-likeness (QED) is 0.552. The van der Waals surface area contributed by atoms with E-state index >= 15 is 0 Å². The average Bonchev–Trinajstić information content (AvgIpc) is 3.03. The Bertz CT molecular complexity index is 1050. The summed E-state index contributed by atoms with van der Waals surface area (Å²) in [6.45, 7) is 0.338. The highest BCUT2D eigenvalue weighted by molar-refractivity contribution is 6.30. The SMILES string of the molecule is Fc1cncc(-c2cnc3ccc(OCc4cccc(Cl)c4)nn23)c1. The van der Waals surface area contributed by atoms with E-state index in [1.807, 2.05) is 18.2 Å². The highest BCUT2D eigenvalue weighted by Gasteiger charge is 2.10. The zero-order valence-corrected chi connectivity index (χ0v) is 13.7. The molecular formula is C18H12ClFN4O. The van der Waals surface area contributed by atoms with E-state index in [1.165, 1.54) is 6.07 Å². The minimum absolute atomic E-state index is 0.338. The Hall–Kier alpha value is -2.99. The summed E-state index contributed by atoms with van der Waals surface area (Å²) in [4.78, 5) is 8.14. The lowest BCUT2D eigenvalue weighted by molar-refractivity contribution is 0.289. The van der Waals surface area contributed by atoms with Crippen molar-refractivity contribution in [1.82, 2.24) is 19.6 Å². The molecule has 124 valence electrons. The fraction of sp³-hybridized carbons (Fsp3) is 0.0556. The number of fused-ring (bicyclic) bond motifs is 1. The number of ether oxygens (including phenoxy) is 1. The lowest BCUT2D eigenvalue weighted by Crippen LogP contribution is -2.01. The van der Waals surface area contributed by atoms with Crippen molar-refractivity contribution in [1.29, 1.82) is 0 Å². The number of hydrogen-bond donors (Lipinski definition) is 0. The molecule has 4 rings (SSSR count). The molecule has 0 atom stereocenters. The van der Waals surface area contributed by atoms with Crippen molar-refractivity contribution in [2.24, 2.45) is 0 Å². The van der Waals surface area contributed by atoms with Gasteiger partial charge in [0.15, 0.2) is 5.65 Å². The Labute approximate surface area is 147 Å². The summed E-state index contributed by atoms with van der Waals surface area (Å²) < 4.78 is 20.8. The summed E-state index contributed by atoms with van der Waals surface area (Å²) in [6, 6.07) is 12.3. The van der Waals surface area contributed by atoms with E-state index < -0.39 is 5.82 Å². The summed E-state index contributed by atoms with van der Waals surface area (Å²) in [5.41, 5.74) is 2.80. The van der Waals surface area contributed by atoms with E-state index in [0.717, 1.165) is 11.8 Å². The van der Waals surface area contributed by atoms with Crippen LogP contribution in [0.2, 0.25) is 5.02 Å². The number of pyridine rings is 1. The van der Waals surface area contributed by atoms with Gasteiger partial charge in [-0.05, 0) is 29.8 Å². The van der Waals surface area contributed by atoms with Crippen molar-refractivity contribution in [2.45, 2.75) is 6.61 Å². The maximum absolute atomic E-state index is 13.4. The van der Waals surface area contributed by atoms with Gasteiger partial charge in [0.2, 0.25) is 5.88 Å². The second-order valence-electron chi connectivity index (χ2n) is 5.40. The molecular weight excluding hydrogens is 343 g/mol. The van der Waals surface area contributed by atoms with Gasteiger partial charge in [-0.3, -0.25) is 4.98 Å². The number of rotatable bonds is 4. The van der Waals surface area contributed by atoms with Crippen LogP contribution in [0.25, 0.3) is 16.9 Å². The fourth-order valence-corrected chi connectivity index (χ4v) is 2.68. The minimum atomic E-state index is -0.416. The normalized spacial score (nSPS) is 11.0. The Kier molecular flexibility index (Phi) is 4.03. The van der Waals surface area contributed by atoms with Crippen molar-refractivity contribution < 1.29 is 9.13 Å². The molecule has 5 nitrogen and oxygen atoms in total. The molecule has 0 spiro atoms. The molecule has 0 unspecified atom stereocenters. The van der Waals surface area contributed by atoms with Gasteiger partial charge in [-0.25, -0.2) is 13.9 Å². The lowest BCUT2D eigenvalue weighted by atomic mass is 10.2. The van der Waals surface area contributed by atoms with Crippen LogP contribution in [0.5, 0.6) is 5.88 Å². The van der Waals surface area contributed by atoms with Gasteiger partial charge in [-0.1, -0.05) is 23.7 Å². The number of halogens is 2. The molecule has 0 saturated carbocycles. The third-order valence-electron chi connectivity index (χ3n) is 3.61. The van der Waals surface area contributed by atoms with Crippen molar-refractivity contribution in [2.75, 3.05) is 0 Å². The molecule has 0 radical (unpaired) electrons. The van der Waals surface area contributed by atoms with Crippen LogP contribution in [0, 0.1) is 5.82 Å². The minimum Gasteiger partial charge on any atom is -0.472 e. The number of imidazole rings is 1. The molecule has 3 heterocycles. The fourth-order valence-electron chi connectivity index (χ4n) is 2.47. The molecule has 7 heteroatoms. The second kappa shape index (κ2) is 6.49. The van der Waals surface area contributed by atoms with E-state index in [1.54, 1.807) is 35.1 Å². The van der Waals surface area contributed by atoms with Crippen molar-refractivity contribution in [3.05, 3.63) is 77.5 Å². The molecule has 4 aromatic rings. The summed E-state index contributed by atoms with van der Waals surface area (Å²) in [6.07, 6.45) is 4.34. The van der Waals surface area contributed by atoms with Gasteiger partial charge in [0.05, 0.1) is 18.1 Å². The van der Waals surface area contributed by atoms with Gasteiger partial charge in [-0.15, -0.1) is 5.10 Å². The molecule has 0 aliphatic carbocycles. The van der Waals surface area contributed by atoms with Gasteiger partial charge < -0.3 is 4.74 Å². The van der Waals surface area contributed by atoms with Gasteiger partial charge in [0.1, 0.15) is 12.4 Å². The van der Waals surface area contributed by atoms with Gasteiger partial charge in [0.25, 0.3) is 0 Å². The average molecular weight is 355 g/mol. The molecule has 0 fully saturated rings. The molecule has 0 N–H and O–H groups in total. The molecule has 1 aromatic carbocycles. The first-order chi connectivity index (χ1) is 12.2. The van der Waals surface area contributed by atoms with E-state index in [9.17, 15) is 4.39 Å². The first kappa shape index (κ1) is 15.5. The molecule has 25 heavy (non-hydrogen) atoms. The van der Waals surface area contributed by atoms with Gasteiger partial charge in [-0.2, -0.15) is 0 Å². The Balaban J connectivity index is 1.64. The number of aromatic nitrogens is 4. The lowest BCUT2D eigenvalue weighted by Gasteiger charge is -2.07. The van der Waals surface area contributed by atoms with Crippen molar-refractivity contribution in [3.63, 3.8) is 0 Å². The number of benzene rings is 1. The van der Waals surface area contributed by atoms with E-state index in [4.69, 9.17) is 16.3 Å². The molecule has 3 aromatic heterocycles. The summed E-state index contributed by atoms with van der Waals surface area (Å²) in [5, 5.41) is 5.08. The van der Waals surface area contributed by atoms with Crippen molar-refractivity contribution >= 4 is 17.2 Å². The van der Waals surface area contributed by atoms with E-state index in [-0.39, 0.29) is 0 Å². The van der Waals surface area contributed by atoms with Crippen LogP contribution in [0.1, 0.15) is 5.56 Å². The zero-order valence-electron chi connectivity index (χ0n) is 12.9. The maximum atomic E-state index is 13.4.